The summed E-state index contributed by atoms with van der Waals surface area (Å²) in [7, 11) is 0. The highest BCUT2D eigenvalue weighted by Crippen LogP contribution is 2.37. The molecule has 3 aromatic rings. The average molecular weight is 553 g/mol. The number of nitroso groups, excluding NO2 is 1. The molecule has 0 radical (unpaired) electrons. The van der Waals surface area contributed by atoms with E-state index in [2.05, 4.69) is 33.1 Å². The number of anilines is 2. The van der Waals surface area contributed by atoms with Crippen molar-refractivity contribution >= 4 is 45.8 Å². The van der Waals surface area contributed by atoms with Crippen LogP contribution in [0.3, 0.4) is 0 Å². The van der Waals surface area contributed by atoms with Crippen LogP contribution in [0.5, 0.6) is 0 Å². The van der Waals surface area contributed by atoms with Crippen LogP contribution in [0.25, 0.3) is 0 Å². The molecule has 1 aliphatic heterocycles. The summed E-state index contributed by atoms with van der Waals surface area (Å²) in [6.45, 7) is 4.27. The standard InChI is InChI=1S/C26H24IN3O3/c1-16-6-3-4-7-20(16)25(31)28-19-10-11-21(17(2)14-19)26(32)30-13-5-8-23(29-33)22-15-18(27)9-12-24(22)30/h3-4,6-7,9-12,14-15,23H,5,8,13H2,1-2H3,(H,28,31). The van der Waals surface area contributed by atoms with Gasteiger partial charge in [0, 0.05) is 38.2 Å². The number of carbonyl (C=O) groups is 2. The van der Waals surface area contributed by atoms with Crippen LogP contribution in [-0.2, 0) is 0 Å². The van der Waals surface area contributed by atoms with Gasteiger partial charge in [-0.1, -0.05) is 23.4 Å². The molecule has 33 heavy (non-hydrogen) atoms. The van der Waals surface area contributed by atoms with Gasteiger partial charge in [-0.2, -0.15) is 4.91 Å². The number of hydrogen-bond donors (Lipinski definition) is 1. The van der Waals surface area contributed by atoms with Crippen molar-refractivity contribution in [1.29, 1.82) is 0 Å². The highest BCUT2D eigenvalue weighted by atomic mass is 127. The molecule has 168 valence electrons. The minimum absolute atomic E-state index is 0.127. The normalized spacial score (nSPS) is 15.4. The van der Waals surface area contributed by atoms with Crippen LogP contribution in [0.1, 0.15) is 56.3 Å². The van der Waals surface area contributed by atoms with Crippen LogP contribution in [0, 0.1) is 22.3 Å². The van der Waals surface area contributed by atoms with E-state index >= 15 is 0 Å². The fourth-order valence-electron chi connectivity index (χ4n) is 4.23. The zero-order valence-electron chi connectivity index (χ0n) is 18.5. The second-order valence-electron chi connectivity index (χ2n) is 8.22. The summed E-state index contributed by atoms with van der Waals surface area (Å²) in [5.74, 6) is -0.312. The summed E-state index contributed by atoms with van der Waals surface area (Å²) < 4.78 is 0.999. The third-order valence-corrected chi connectivity index (χ3v) is 6.65. The number of nitrogens with one attached hydrogen (secondary N) is 1. The number of benzene rings is 3. The molecule has 1 unspecified atom stereocenters. The summed E-state index contributed by atoms with van der Waals surface area (Å²) in [6.07, 6.45) is 1.31. The fourth-order valence-corrected chi connectivity index (χ4v) is 4.75. The first kappa shape index (κ1) is 23.1. The molecule has 4 rings (SSSR count). The summed E-state index contributed by atoms with van der Waals surface area (Å²) in [6, 6.07) is 18.0. The number of nitrogens with zero attached hydrogens (tertiary/aromatic N) is 2. The second-order valence-corrected chi connectivity index (χ2v) is 9.47. The number of amides is 2. The topological polar surface area (TPSA) is 78.8 Å². The van der Waals surface area contributed by atoms with Gasteiger partial charge in [0.1, 0.15) is 6.04 Å². The van der Waals surface area contributed by atoms with Crippen molar-refractivity contribution in [3.05, 3.63) is 97.0 Å². The Morgan fingerprint density at radius 3 is 2.52 bits per heavy atom. The monoisotopic (exact) mass is 553 g/mol. The van der Waals surface area contributed by atoms with Gasteiger partial charge in [-0.05, 0) is 103 Å². The van der Waals surface area contributed by atoms with E-state index in [4.69, 9.17) is 0 Å². The van der Waals surface area contributed by atoms with Crippen molar-refractivity contribution in [2.24, 2.45) is 5.18 Å². The maximum absolute atomic E-state index is 13.5. The van der Waals surface area contributed by atoms with Crippen molar-refractivity contribution in [1.82, 2.24) is 0 Å². The van der Waals surface area contributed by atoms with Gasteiger partial charge in [0.25, 0.3) is 11.8 Å². The van der Waals surface area contributed by atoms with E-state index in [0.717, 1.165) is 25.9 Å². The van der Waals surface area contributed by atoms with Gasteiger partial charge >= 0.3 is 0 Å². The van der Waals surface area contributed by atoms with Gasteiger partial charge in [0.05, 0.1) is 0 Å². The first-order valence-corrected chi connectivity index (χ1v) is 11.9. The Morgan fingerprint density at radius 1 is 1.00 bits per heavy atom. The Hall–Kier alpha value is -3.07. The lowest BCUT2D eigenvalue weighted by atomic mass is 10.0. The number of carbonyl (C=O) groups excluding carboxylic acids is 2. The lowest BCUT2D eigenvalue weighted by molar-refractivity contribution is 0.0985. The summed E-state index contributed by atoms with van der Waals surface area (Å²) in [5, 5.41) is 6.23. The van der Waals surface area contributed by atoms with Crippen LogP contribution in [0.2, 0.25) is 0 Å². The highest BCUT2D eigenvalue weighted by Gasteiger charge is 2.28. The predicted octanol–water partition coefficient (Wildman–Crippen LogP) is 6.41. The molecular formula is C26H24IN3O3. The minimum atomic E-state index is -0.451. The molecule has 0 aromatic heterocycles. The molecule has 1 aliphatic rings. The Kier molecular flexibility index (Phi) is 6.88. The Bertz CT molecular complexity index is 1240. The zero-order valence-corrected chi connectivity index (χ0v) is 20.6. The Balaban J connectivity index is 1.61. The van der Waals surface area contributed by atoms with E-state index in [0.29, 0.717) is 36.2 Å². The first-order chi connectivity index (χ1) is 15.9. The lowest BCUT2D eigenvalue weighted by Gasteiger charge is -2.24. The molecule has 0 fully saturated rings. The smallest absolute Gasteiger partial charge is 0.258 e. The van der Waals surface area contributed by atoms with Gasteiger partial charge in [-0.25, -0.2) is 0 Å². The van der Waals surface area contributed by atoms with Crippen molar-refractivity contribution in [2.75, 3.05) is 16.8 Å². The number of fused-ring (bicyclic) bond motifs is 1. The quantitative estimate of drug-likeness (QED) is 0.300. The molecule has 1 heterocycles. The second kappa shape index (κ2) is 9.82. The van der Waals surface area contributed by atoms with E-state index in [9.17, 15) is 14.5 Å². The van der Waals surface area contributed by atoms with Crippen LogP contribution < -0.4 is 10.2 Å². The van der Waals surface area contributed by atoms with Crippen molar-refractivity contribution in [2.45, 2.75) is 32.7 Å². The minimum Gasteiger partial charge on any atom is -0.322 e. The largest absolute Gasteiger partial charge is 0.322 e. The van der Waals surface area contributed by atoms with Crippen molar-refractivity contribution in [3.63, 3.8) is 0 Å². The molecule has 1 atom stereocenters. The third kappa shape index (κ3) is 4.83. The van der Waals surface area contributed by atoms with E-state index in [1.54, 1.807) is 23.1 Å². The van der Waals surface area contributed by atoms with Crippen LogP contribution in [-0.4, -0.2) is 18.4 Å². The molecule has 3 aromatic carbocycles. The molecule has 2 amide bonds. The van der Waals surface area contributed by atoms with Crippen molar-refractivity contribution < 1.29 is 9.59 Å². The Morgan fingerprint density at radius 2 is 1.79 bits per heavy atom. The van der Waals surface area contributed by atoms with Gasteiger partial charge in [-0.3, -0.25) is 9.59 Å². The molecular weight excluding hydrogens is 529 g/mol. The van der Waals surface area contributed by atoms with Gasteiger partial charge in [0.2, 0.25) is 0 Å². The molecule has 6 nitrogen and oxygen atoms in total. The lowest BCUT2D eigenvalue weighted by Crippen LogP contribution is -2.32. The van der Waals surface area contributed by atoms with Crippen LogP contribution in [0.15, 0.2) is 65.8 Å². The fraction of sp³-hybridized carbons (Fsp3) is 0.231. The van der Waals surface area contributed by atoms with E-state index in [-0.39, 0.29) is 11.8 Å². The van der Waals surface area contributed by atoms with E-state index < -0.39 is 6.04 Å². The number of aryl methyl sites for hydroxylation is 2. The molecule has 0 aliphatic carbocycles. The number of rotatable bonds is 4. The van der Waals surface area contributed by atoms with E-state index in [1.165, 1.54) is 0 Å². The van der Waals surface area contributed by atoms with Crippen LogP contribution in [0.4, 0.5) is 11.4 Å². The summed E-state index contributed by atoms with van der Waals surface area (Å²) in [5.41, 5.74) is 5.00. The summed E-state index contributed by atoms with van der Waals surface area (Å²) in [4.78, 5) is 39.4. The van der Waals surface area contributed by atoms with Gasteiger partial charge < -0.3 is 10.2 Å². The molecule has 7 heteroatoms. The van der Waals surface area contributed by atoms with E-state index in [1.807, 2.05) is 56.3 Å². The average Bonchev–Trinajstić information content (AvgIpc) is 2.98. The molecule has 0 saturated carbocycles. The predicted molar refractivity (Wildman–Crippen MR) is 139 cm³/mol. The van der Waals surface area contributed by atoms with Gasteiger partial charge in [0.15, 0.2) is 0 Å². The highest BCUT2D eigenvalue weighted by molar-refractivity contribution is 14.1. The van der Waals surface area contributed by atoms with Crippen molar-refractivity contribution in [3.8, 4) is 0 Å². The van der Waals surface area contributed by atoms with Gasteiger partial charge in [-0.15, -0.1) is 0 Å². The molecule has 0 saturated heterocycles. The molecule has 0 bridgehead atoms. The third-order valence-electron chi connectivity index (χ3n) is 5.98. The Labute approximate surface area is 206 Å². The maximum atomic E-state index is 13.5. The zero-order chi connectivity index (χ0) is 23.5. The number of halogens is 1. The molecule has 1 N–H and O–H groups in total. The maximum Gasteiger partial charge on any atom is 0.258 e. The molecule has 0 spiro atoms. The SMILES string of the molecule is Cc1ccccc1C(=O)Nc1ccc(C(=O)N2CCCC(N=O)c3cc(I)ccc32)c(C)c1. The van der Waals surface area contributed by atoms with Crippen LogP contribution >= 0.6 is 22.6 Å². The number of hydrogen-bond acceptors (Lipinski definition) is 4. The summed E-state index contributed by atoms with van der Waals surface area (Å²) >= 11 is 2.20. The first-order valence-electron chi connectivity index (χ1n) is 10.8.